The van der Waals surface area contributed by atoms with Crippen LogP contribution >= 0.6 is 0 Å². The van der Waals surface area contributed by atoms with Gasteiger partial charge in [-0.25, -0.2) is 4.98 Å². The third-order valence-electron chi connectivity index (χ3n) is 1.50. The summed E-state index contributed by atoms with van der Waals surface area (Å²) in [7, 11) is 0. The van der Waals surface area contributed by atoms with Crippen LogP contribution in [0.1, 0.15) is 31.4 Å². The van der Waals surface area contributed by atoms with Gasteiger partial charge in [-0.15, -0.1) is 0 Å². The van der Waals surface area contributed by atoms with Gasteiger partial charge in [0, 0.05) is 6.42 Å². The van der Waals surface area contributed by atoms with Crippen molar-refractivity contribution >= 4 is 0 Å². The molecule has 1 rings (SSSR count). The van der Waals surface area contributed by atoms with Crippen LogP contribution in [0, 0.1) is 6.92 Å². The highest BCUT2D eigenvalue weighted by atomic mass is 16.3. The van der Waals surface area contributed by atoms with Gasteiger partial charge in [-0.2, -0.15) is 0 Å². The highest BCUT2D eigenvalue weighted by Crippen LogP contribution is 2.05. The van der Waals surface area contributed by atoms with Crippen LogP contribution < -0.4 is 0 Å². The van der Waals surface area contributed by atoms with Gasteiger partial charge in [0.15, 0.2) is 5.89 Å². The summed E-state index contributed by atoms with van der Waals surface area (Å²) in [5, 5.41) is 0. The first-order valence-electron chi connectivity index (χ1n) is 4.09. The number of hydrogen-bond donors (Lipinski definition) is 0. The molecular formula is C9H14NO. The van der Waals surface area contributed by atoms with Crippen LogP contribution in [0.2, 0.25) is 0 Å². The van der Waals surface area contributed by atoms with E-state index >= 15 is 0 Å². The molecule has 0 saturated heterocycles. The maximum Gasteiger partial charge on any atom is 0.194 e. The highest BCUT2D eigenvalue weighted by molar-refractivity contribution is 4.96. The number of nitrogens with zero attached hydrogens (tertiary/aromatic N) is 1. The van der Waals surface area contributed by atoms with Gasteiger partial charge in [-0.1, -0.05) is 20.3 Å². The van der Waals surface area contributed by atoms with Crippen LogP contribution in [0.15, 0.2) is 10.7 Å². The van der Waals surface area contributed by atoms with Crippen molar-refractivity contribution in [1.29, 1.82) is 0 Å². The molecule has 0 saturated carbocycles. The Labute approximate surface area is 67.6 Å². The molecule has 0 atom stereocenters. The quantitative estimate of drug-likeness (QED) is 0.662. The molecule has 0 aliphatic rings. The van der Waals surface area contributed by atoms with Crippen LogP contribution in [0.5, 0.6) is 0 Å². The molecule has 0 bridgehead atoms. The summed E-state index contributed by atoms with van der Waals surface area (Å²) in [5.74, 6) is 0.823. The van der Waals surface area contributed by atoms with E-state index in [0.29, 0.717) is 0 Å². The first-order valence-corrected chi connectivity index (χ1v) is 4.09. The first kappa shape index (κ1) is 8.31. The van der Waals surface area contributed by atoms with Crippen LogP contribution in [-0.4, -0.2) is 4.98 Å². The molecule has 0 fully saturated rings. The van der Waals surface area contributed by atoms with Crippen molar-refractivity contribution in [1.82, 2.24) is 4.98 Å². The van der Waals surface area contributed by atoms with E-state index in [1.54, 1.807) is 6.26 Å². The minimum atomic E-state index is 0.823. The molecule has 0 N–H and O–H groups in total. The monoisotopic (exact) mass is 152 g/mol. The molecule has 0 amide bonds. The third-order valence-corrected chi connectivity index (χ3v) is 1.50. The van der Waals surface area contributed by atoms with Crippen LogP contribution in [-0.2, 0) is 12.8 Å². The summed E-state index contributed by atoms with van der Waals surface area (Å²) >= 11 is 0. The third kappa shape index (κ3) is 2.37. The summed E-state index contributed by atoms with van der Waals surface area (Å²) in [5.41, 5.74) is 1.07. The van der Waals surface area contributed by atoms with E-state index in [2.05, 4.69) is 18.8 Å². The average molecular weight is 152 g/mol. The van der Waals surface area contributed by atoms with Crippen LogP contribution in [0.25, 0.3) is 0 Å². The number of oxazole rings is 1. The smallest absolute Gasteiger partial charge is 0.194 e. The fourth-order valence-electron chi connectivity index (χ4n) is 0.986. The molecule has 1 heterocycles. The normalized spacial score (nSPS) is 10.4. The molecule has 1 aromatic rings. The number of aryl methyl sites for hydroxylation is 2. The molecule has 0 aliphatic carbocycles. The van der Waals surface area contributed by atoms with Gasteiger partial charge in [0.1, 0.15) is 6.26 Å². The molecule has 2 heteroatoms. The lowest BCUT2D eigenvalue weighted by atomic mass is 10.3. The zero-order chi connectivity index (χ0) is 8.10. The Morgan fingerprint density at radius 1 is 1.55 bits per heavy atom. The van der Waals surface area contributed by atoms with Gasteiger partial charge >= 0.3 is 0 Å². The van der Waals surface area contributed by atoms with E-state index in [1.165, 1.54) is 0 Å². The zero-order valence-corrected chi connectivity index (χ0v) is 6.97. The first-order chi connectivity index (χ1) is 5.36. The molecule has 0 spiro atoms. The van der Waals surface area contributed by atoms with Crippen molar-refractivity contribution in [3.8, 4) is 0 Å². The summed E-state index contributed by atoms with van der Waals surface area (Å²) in [6.45, 7) is 5.87. The topological polar surface area (TPSA) is 26.0 Å². The van der Waals surface area contributed by atoms with Gasteiger partial charge < -0.3 is 4.42 Å². The van der Waals surface area contributed by atoms with Gasteiger partial charge in [0.2, 0.25) is 0 Å². The van der Waals surface area contributed by atoms with Crippen molar-refractivity contribution in [3.05, 3.63) is 24.8 Å². The molecule has 11 heavy (non-hydrogen) atoms. The van der Waals surface area contributed by atoms with Gasteiger partial charge in [0.25, 0.3) is 0 Å². The Balaban J connectivity index is 2.51. The highest BCUT2D eigenvalue weighted by Gasteiger charge is 2.00. The van der Waals surface area contributed by atoms with E-state index in [1.807, 2.05) is 0 Å². The number of aromatic nitrogens is 1. The average Bonchev–Trinajstić information content (AvgIpc) is 2.38. The van der Waals surface area contributed by atoms with Crippen LogP contribution in [0.3, 0.4) is 0 Å². The maximum atomic E-state index is 5.21. The molecule has 0 aromatic carbocycles. The second-order valence-electron chi connectivity index (χ2n) is 2.59. The Morgan fingerprint density at radius 2 is 2.36 bits per heavy atom. The fourth-order valence-corrected chi connectivity index (χ4v) is 0.986. The molecular weight excluding hydrogens is 138 g/mol. The standard InChI is InChI=1S/C9H14NO/c1-3-5-8-7-11-9(10-8)6-4-2/h7H,2-6H2,1H3. The SMILES string of the molecule is [CH2]CCc1nc(CCC)co1. The van der Waals surface area contributed by atoms with E-state index in [-0.39, 0.29) is 0 Å². The van der Waals surface area contributed by atoms with Crippen LogP contribution in [0.4, 0.5) is 0 Å². The molecule has 1 radical (unpaired) electrons. The lowest BCUT2D eigenvalue weighted by Gasteiger charge is -1.87. The molecule has 0 unspecified atom stereocenters. The number of hydrogen-bond acceptors (Lipinski definition) is 2. The number of rotatable bonds is 4. The molecule has 0 aliphatic heterocycles. The predicted octanol–water partition coefficient (Wildman–Crippen LogP) is 2.39. The van der Waals surface area contributed by atoms with E-state index < -0.39 is 0 Å². The molecule has 61 valence electrons. The summed E-state index contributed by atoms with van der Waals surface area (Å²) < 4.78 is 5.21. The van der Waals surface area contributed by atoms with Gasteiger partial charge in [0.05, 0.1) is 5.69 Å². The maximum absolute atomic E-state index is 5.21. The summed E-state index contributed by atoms with van der Waals surface area (Å²) in [6, 6.07) is 0. The van der Waals surface area contributed by atoms with Gasteiger partial charge in [-0.3, -0.25) is 0 Å². The minimum absolute atomic E-state index is 0.823. The fraction of sp³-hybridized carbons (Fsp3) is 0.556. The minimum Gasteiger partial charge on any atom is -0.449 e. The molecule has 2 nitrogen and oxygen atoms in total. The Kier molecular flexibility index (Phi) is 3.14. The van der Waals surface area contributed by atoms with Gasteiger partial charge in [-0.05, 0) is 12.8 Å². The Bertz CT molecular complexity index is 185. The van der Waals surface area contributed by atoms with Crippen molar-refractivity contribution in [2.45, 2.75) is 32.6 Å². The van der Waals surface area contributed by atoms with E-state index in [9.17, 15) is 0 Å². The lowest BCUT2D eigenvalue weighted by Crippen LogP contribution is -1.85. The van der Waals surface area contributed by atoms with E-state index in [4.69, 9.17) is 4.42 Å². The summed E-state index contributed by atoms with van der Waals surface area (Å²) in [4.78, 5) is 4.28. The second-order valence-corrected chi connectivity index (χ2v) is 2.59. The second kappa shape index (κ2) is 4.16. The zero-order valence-electron chi connectivity index (χ0n) is 6.97. The van der Waals surface area contributed by atoms with Crippen molar-refractivity contribution in [2.75, 3.05) is 0 Å². The molecule has 1 aromatic heterocycles. The van der Waals surface area contributed by atoms with E-state index in [0.717, 1.165) is 37.3 Å². The summed E-state index contributed by atoms with van der Waals surface area (Å²) in [6.07, 6.45) is 5.58. The Hall–Kier alpha value is -0.790. The Morgan fingerprint density at radius 3 is 3.00 bits per heavy atom. The largest absolute Gasteiger partial charge is 0.449 e. The van der Waals surface area contributed by atoms with Crippen molar-refractivity contribution < 1.29 is 4.42 Å². The van der Waals surface area contributed by atoms with Crippen molar-refractivity contribution in [2.24, 2.45) is 0 Å². The van der Waals surface area contributed by atoms with Crippen molar-refractivity contribution in [3.63, 3.8) is 0 Å². The predicted molar refractivity (Wildman–Crippen MR) is 44.2 cm³/mol. The lowest BCUT2D eigenvalue weighted by molar-refractivity contribution is 0.494.